The van der Waals surface area contributed by atoms with Gasteiger partial charge in [-0.15, -0.1) is 0 Å². The monoisotopic (exact) mass is 282 g/mol. The third-order valence-corrected chi connectivity index (χ3v) is 3.86. The van der Waals surface area contributed by atoms with E-state index in [1.165, 1.54) is 12.4 Å². The highest BCUT2D eigenvalue weighted by atomic mass is 32.2. The summed E-state index contributed by atoms with van der Waals surface area (Å²) in [5, 5.41) is 2.72. The summed E-state index contributed by atoms with van der Waals surface area (Å²) in [7, 11) is -0.186. The van der Waals surface area contributed by atoms with E-state index < -0.39 is 10.0 Å². The van der Waals surface area contributed by atoms with Crippen molar-refractivity contribution in [3.63, 3.8) is 0 Å². The summed E-state index contributed by atoms with van der Waals surface area (Å²) < 4.78 is 28.2. The molecule has 9 heteroatoms. The average Bonchev–Trinajstić information content (AvgIpc) is 2.82. The molecule has 0 spiro atoms. The van der Waals surface area contributed by atoms with Gasteiger partial charge >= 0.3 is 0 Å². The van der Waals surface area contributed by atoms with E-state index in [9.17, 15) is 8.42 Å². The van der Waals surface area contributed by atoms with E-state index in [2.05, 4.69) is 25.0 Å². The zero-order valence-electron chi connectivity index (χ0n) is 10.5. The summed E-state index contributed by atoms with van der Waals surface area (Å²) in [4.78, 5) is 11.8. The van der Waals surface area contributed by atoms with Gasteiger partial charge in [0.15, 0.2) is 0 Å². The fourth-order valence-corrected chi connectivity index (χ4v) is 2.26. The smallest absolute Gasteiger partial charge is 0.244 e. The molecule has 2 N–H and O–H groups in total. The normalized spacial score (nSPS) is 11.5. The van der Waals surface area contributed by atoms with Crippen molar-refractivity contribution in [2.24, 2.45) is 7.05 Å². The van der Waals surface area contributed by atoms with E-state index in [0.29, 0.717) is 11.8 Å². The molecule has 0 aliphatic carbocycles. The molecule has 0 saturated carbocycles. The van der Waals surface area contributed by atoms with Gasteiger partial charge in [0.25, 0.3) is 0 Å². The van der Waals surface area contributed by atoms with Crippen molar-refractivity contribution in [3.05, 3.63) is 30.6 Å². The summed E-state index contributed by atoms with van der Waals surface area (Å²) >= 11 is 0. The number of hydrogen-bond acceptors (Lipinski definition) is 6. The summed E-state index contributed by atoms with van der Waals surface area (Å²) in [6, 6.07) is 0. The van der Waals surface area contributed by atoms with E-state index in [4.69, 9.17) is 0 Å². The lowest BCUT2D eigenvalue weighted by Crippen LogP contribution is -2.25. The predicted octanol–water partition coefficient (Wildman–Crippen LogP) is -0.270. The van der Waals surface area contributed by atoms with Gasteiger partial charge in [-0.25, -0.2) is 28.1 Å². The average molecular weight is 282 g/mol. The Kier molecular flexibility index (Phi) is 3.76. The number of nitrogens with one attached hydrogen (secondary N) is 2. The Morgan fingerprint density at radius 1 is 1.26 bits per heavy atom. The van der Waals surface area contributed by atoms with Crippen molar-refractivity contribution in [1.29, 1.82) is 0 Å². The number of rotatable bonds is 5. The van der Waals surface area contributed by atoms with E-state index in [0.717, 1.165) is 0 Å². The second-order valence-corrected chi connectivity index (χ2v) is 5.54. The zero-order valence-corrected chi connectivity index (χ0v) is 11.3. The van der Waals surface area contributed by atoms with Gasteiger partial charge < -0.3 is 9.88 Å². The van der Waals surface area contributed by atoms with E-state index in [1.807, 2.05) is 0 Å². The van der Waals surface area contributed by atoms with Gasteiger partial charge in [0.05, 0.1) is 18.9 Å². The standard InChI is InChI=1S/C10H14N6O2S/c1-11-10-13-5-8(6-14-10)19(17,18)15-7-9-12-3-4-16(9)2/h3-6,15H,7H2,1-2H3,(H,11,13,14). The van der Waals surface area contributed by atoms with Crippen LogP contribution in [0.1, 0.15) is 5.82 Å². The first-order chi connectivity index (χ1) is 9.03. The van der Waals surface area contributed by atoms with Crippen LogP contribution in [0.25, 0.3) is 0 Å². The minimum atomic E-state index is -3.63. The van der Waals surface area contributed by atoms with E-state index in [-0.39, 0.29) is 11.4 Å². The van der Waals surface area contributed by atoms with Crippen LogP contribution in [0.2, 0.25) is 0 Å². The summed E-state index contributed by atoms with van der Waals surface area (Å²) in [6.07, 6.45) is 5.85. The molecular weight excluding hydrogens is 268 g/mol. The molecule has 2 aromatic heterocycles. The molecular formula is C10H14N6O2S. The van der Waals surface area contributed by atoms with Crippen LogP contribution in [0.15, 0.2) is 29.7 Å². The molecule has 0 bridgehead atoms. The number of imidazole rings is 1. The Bertz CT molecular complexity index is 649. The molecule has 2 rings (SSSR count). The Hall–Kier alpha value is -2.00. The van der Waals surface area contributed by atoms with Crippen LogP contribution in [-0.2, 0) is 23.6 Å². The Morgan fingerprint density at radius 2 is 1.95 bits per heavy atom. The first kappa shape index (κ1) is 13.4. The lowest BCUT2D eigenvalue weighted by Gasteiger charge is -2.06. The second-order valence-electron chi connectivity index (χ2n) is 3.77. The highest BCUT2D eigenvalue weighted by molar-refractivity contribution is 7.89. The molecule has 2 aromatic rings. The minimum absolute atomic E-state index is 0.0145. The van der Waals surface area contributed by atoms with Crippen molar-refractivity contribution in [3.8, 4) is 0 Å². The van der Waals surface area contributed by atoms with Gasteiger partial charge in [0, 0.05) is 26.5 Å². The Labute approximate surface area is 111 Å². The number of nitrogens with zero attached hydrogens (tertiary/aromatic N) is 4. The van der Waals surface area contributed by atoms with Gasteiger partial charge in [0.2, 0.25) is 16.0 Å². The van der Waals surface area contributed by atoms with Gasteiger partial charge in [-0.1, -0.05) is 0 Å². The Balaban J connectivity index is 2.11. The lowest BCUT2D eigenvalue weighted by atomic mass is 10.6. The van der Waals surface area contributed by atoms with Crippen molar-refractivity contribution >= 4 is 16.0 Å². The lowest BCUT2D eigenvalue weighted by molar-refractivity contribution is 0.576. The van der Waals surface area contributed by atoms with Crippen molar-refractivity contribution in [2.45, 2.75) is 11.4 Å². The summed E-state index contributed by atoms with van der Waals surface area (Å²) in [5.41, 5.74) is 0. The van der Waals surface area contributed by atoms with E-state index >= 15 is 0 Å². The highest BCUT2D eigenvalue weighted by Gasteiger charge is 2.15. The molecule has 0 aromatic carbocycles. The third kappa shape index (κ3) is 3.06. The van der Waals surface area contributed by atoms with Crippen molar-refractivity contribution in [2.75, 3.05) is 12.4 Å². The van der Waals surface area contributed by atoms with Crippen LogP contribution in [0, 0.1) is 0 Å². The van der Waals surface area contributed by atoms with Gasteiger partial charge in [0.1, 0.15) is 10.7 Å². The molecule has 0 radical (unpaired) electrons. The topological polar surface area (TPSA) is 102 Å². The van der Waals surface area contributed by atoms with Crippen molar-refractivity contribution in [1.82, 2.24) is 24.2 Å². The van der Waals surface area contributed by atoms with E-state index in [1.54, 1.807) is 31.1 Å². The number of hydrogen-bond donors (Lipinski definition) is 2. The molecule has 0 atom stereocenters. The molecule has 0 aliphatic rings. The molecule has 102 valence electrons. The first-order valence-corrected chi connectivity index (χ1v) is 6.97. The fourth-order valence-electron chi connectivity index (χ4n) is 1.39. The largest absolute Gasteiger partial charge is 0.357 e. The van der Waals surface area contributed by atoms with Gasteiger partial charge in [-0.3, -0.25) is 0 Å². The highest BCUT2D eigenvalue weighted by Crippen LogP contribution is 2.07. The number of aromatic nitrogens is 4. The number of sulfonamides is 1. The van der Waals surface area contributed by atoms with Crippen LogP contribution < -0.4 is 10.0 Å². The first-order valence-electron chi connectivity index (χ1n) is 5.48. The molecule has 8 nitrogen and oxygen atoms in total. The SMILES string of the molecule is CNc1ncc(S(=O)(=O)NCc2nccn2C)cn1. The molecule has 0 unspecified atom stereocenters. The van der Waals surface area contributed by atoms with Crippen molar-refractivity contribution < 1.29 is 8.42 Å². The minimum Gasteiger partial charge on any atom is -0.357 e. The van der Waals surface area contributed by atoms with Crippen LogP contribution in [0.3, 0.4) is 0 Å². The molecule has 0 fully saturated rings. The maximum absolute atomic E-state index is 12.0. The molecule has 19 heavy (non-hydrogen) atoms. The second kappa shape index (κ2) is 5.33. The summed E-state index contributed by atoms with van der Waals surface area (Å²) in [5.74, 6) is 0.986. The quantitative estimate of drug-likeness (QED) is 0.782. The fraction of sp³-hybridized carbons (Fsp3) is 0.300. The summed E-state index contributed by atoms with van der Waals surface area (Å²) in [6.45, 7) is 0.111. The Morgan fingerprint density at radius 3 is 2.47 bits per heavy atom. The maximum atomic E-state index is 12.0. The number of anilines is 1. The van der Waals surface area contributed by atoms with Crippen LogP contribution >= 0.6 is 0 Å². The molecule has 2 heterocycles. The molecule has 0 saturated heterocycles. The zero-order chi connectivity index (χ0) is 13.9. The van der Waals surface area contributed by atoms with Crippen LogP contribution in [0.5, 0.6) is 0 Å². The van der Waals surface area contributed by atoms with Gasteiger partial charge in [-0.2, -0.15) is 0 Å². The molecule has 0 aliphatic heterocycles. The maximum Gasteiger partial charge on any atom is 0.244 e. The predicted molar refractivity (Wildman–Crippen MR) is 68.8 cm³/mol. The van der Waals surface area contributed by atoms with Crippen LogP contribution in [-0.4, -0.2) is 35.0 Å². The molecule has 0 amide bonds. The number of aryl methyl sites for hydroxylation is 1. The van der Waals surface area contributed by atoms with Gasteiger partial charge in [-0.05, 0) is 0 Å². The third-order valence-electron chi connectivity index (χ3n) is 2.50. The van der Waals surface area contributed by atoms with Crippen LogP contribution in [0.4, 0.5) is 5.95 Å².